The topological polar surface area (TPSA) is 55.6 Å². The second-order valence-corrected chi connectivity index (χ2v) is 6.99. The summed E-state index contributed by atoms with van der Waals surface area (Å²) < 4.78 is 6.82. The van der Waals surface area contributed by atoms with Gasteiger partial charge in [-0.05, 0) is 36.1 Å². The Bertz CT molecular complexity index is 486. The van der Waals surface area contributed by atoms with E-state index < -0.39 is 6.04 Å². The summed E-state index contributed by atoms with van der Waals surface area (Å²) in [4.78, 5) is 14.2. The number of thioether (sulfide) groups is 1. The molecule has 1 aromatic rings. The molecule has 2 N–H and O–H groups in total. The predicted octanol–water partition coefficient (Wildman–Crippen LogP) is 2.43. The summed E-state index contributed by atoms with van der Waals surface area (Å²) >= 11 is 5.18. The summed E-state index contributed by atoms with van der Waals surface area (Å²) in [5.41, 5.74) is 7.07. The highest BCUT2D eigenvalue weighted by Crippen LogP contribution is 2.25. The van der Waals surface area contributed by atoms with Crippen molar-refractivity contribution in [2.24, 2.45) is 5.73 Å². The number of rotatable bonds is 5. The van der Waals surface area contributed by atoms with Crippen molar-refractivity contribution in [1.29, 1.82) is 0 Å². The molecule has 0 saturated carbocycles. The highest BCUT2D eigenvalue weighted by atomic mass is 79.9. The molecule has 21 heavy (non-hydrogen) atoms. The SMILES string of the molecule is CSCC[C@H](N)C(=O)N1CCOC(c2cccc(Br)c2)C1. The molecule has 1 aliphatic heterocycles. The van der Waals surface area contributed by atoms with Gasteiger partial charge in [0.15, 0.2) is 0 Å². The van der Waals surface area contributed by atoms with Crippen LogP contribution < -0.4 is 5.73 Å². The van der Waals surface area contributed by atoms with Gasteiger partial charge in [-0.2, -0.15) is 11.8 Å². The number of carbonyl (C=O) groups excluding carboxylic acids is 1. The number of carbonyl (C=O) groups is 1. The quantitative estimate of drug-likeness (QED) is 0.862. The maximum absolute atomic E-state index is 12.4. The molecule has 1 amide bonds. The summed E-state index contributed by atoms with van der Waals surface area (Å²) in [5.74, 6) is 0.944. The molecule has 1 heterocycles. The van der Waals surface area contributed by atoms with Crippen LogP contribution in [0.5, 0.6) is 0 Å². The Kier molecular flexibility index (Phi) is 6.54. The molecule has 2 atom stereocenters. The molecule has 0 radical (unpaired) electrons. The van der Waals surface area contributed by atoms with E-state index in [1.807, 2.05) is 35.4 Å². The van der Waals surface area contributed by atoms with Crippen molar-refractivity contribution in [2.45, 2.75) is 18.6 Å². The lowest BCUT2D eigenvalue weighted by atomic mass is 10.1. The van der Waals surface area contributed by atoms with E-state index in [-0.39, 0.29) is 12.0 Å². The first kappa shape index (κ1) is 16.8. The van der Waals surface area contributed by atoms with Crippen LogP contribution in [0.4, 0.5) is 0 Å². The van der Waals surface area contributed by atoms with Gasteiger partial charge in [0.1, 0.15) is 6.10 Å². The number of amides is 1. The molecular weight excluding hydrogens is 352 g/mol. The molecule has 0 aliphatic carbocycles. The number of benzene rings is 1. The van der Waals surface area contributed by atoms with Gasteiger partial charge in [-0.3, -0.25) is 4.79 Å². The lowest BCUT2D eigenvalue weighted by Crippen LogP contribution is -2.49. The standard InChI is InChI=1S/C15H21BrN2O2S/c1-21-8-5-13(17)15(19)18-6-7-20-14(10-18)11-3-2-4-12(16)9-11/h2-4,9,13-14H,5-8,10,17H2,1H3/t13-,14?/m0/s1. The highest BCUT2D eigenvalue weighted by molar-refractivity contribution is 9.10. The molecule has 1 fully saturated rings. The summed E-state index contributed by atoms with van der Waals surface area (Å²) in [5, 5.41) is 0. The second-order valence-electron chi connectivity index (χ2n) is 5.09. The Balaban J connectivity index is 1.98. The van der Waals surface area contributed by atoms with Crippen molar-refractivity contribution in [3.05, 3.63) is 34.3 Å². The van der Waals surface area contributed by atoms with Crippen molar-refractivity contribution < 1.29 is 9.53 Å². The van der Waals surface area contributed by atoms with E-state index >= 15 is 0 Å². The van der Waals surface area contributed by atoms with Gasteiger partial charge in [0, 0.05) is 11.0 Å². The number of morpholine rings is 1. The van der Waals surface area contributed by atoms with Gasteiger partial charge in [0.2, 0.25) is 5.91 Å². The first-order chi connectivity index (χ1) is 10.1. The van der Waals surface area contributed by atoms with E-state index in [0.717, 1.165) is 22.2 Å². The number of nitrogens with two attached hydrogens (primary N) is 1. The van der Waals surface area contributed by atoms with Crippen LogP contribution in [0.1, 0.15) is 18.1 Å². The van der Waals surface area contributed by atoms with E-state index in [2.05, 4.69) is 15.9 Å². The van der Waals surface area contributed by atoms with E-state index in [9.17, 15) is 4.79 Å². The van der Waals surface area contributed by atoms with E-state index in [1.165, 1.54) is 0 Å². The Morgan fingerprint density at radius 3 is 3.14 bits per heavy atom. The van der Waals surface area contributed by atoms with Crippen molar-refractivity contribution in [2.75, 3.05) is 31.7 Å². The molecule has 0 spiro atoms. The Hall–Kier alpha value is -0.560. The Morgan fingerprint density at radius 2 is 2.43 bits per heavy atom. The third-order valence-corrected chi connectivity index (χ3v) is 4.69. The van der Waals surface area contributed by atoms with Crippen molar-refractivity contribution in [1.82, 2.24) is 4.90 Å². The second kappa shape index (κ2) is 8.17. The van der Waals surface area contributed by atoms with Crippen LogP contribution in [0, 0.1) is 0 Å². The van der Waals surface area contributed by atoms with Gasteiger partial charge in [0.05, 0.1) is 19.2 Å². The number of nitrogens with zero attached hydrogens (tertiary/aromatic N) is 1. The van der Waals surface area contributed by atoms with Gasteiger partial charge in [-0.1, -0.05) is 28.1 Å². The minimum atomic E-state index is -0.404. The summed E-state index contributed by atoms with van der Waals surface area (Å²) in [7, 11) is 0. The van der Waals surface area contributed by atoms with Gasteiger partial charge in [0.25, 0.3) is 0 Å². The lowest BCUT2D eigenvalue weighted by molar-refractivity contribution is -0.140. The van der Waals surface area contributed by atoms with E-state index in [4.69, 9.17) is 10.5 Å². The molecule has 0 aromatic heterocycles. The van der Waals surface area contributed by atoms with Crippen molar-refractivity contribution in [3.8, 4) is 0 Å². The van der Waals surface area contributed by atoms with Crippen LogP contribution in [0.2, 0.25) is 0 Å². The van der Waals surface area contributed by atoms with E-state index in [1.54, 1.807) is 11.8 Å². The zero-order valence-electron chi connectivity index (χ0n) is 12.1. The third-order valence-electron chi connectivity index (χ3n) is 3.55. The minimum Gasteiger partial charge on any atom is -0.370 e. The molecule has 116 valence electrons. The maximum Gasteiger partial charge on any atom is 0.239 e. The average Bonchev–Trinajstić information content (AvgIpc) is 2.52. The van der Waals surface area contributed by atoms with Crippen LogP contribution in [-0.2, 0) is 9.53 Å². The monoisotopic (exact) mass is 372 g/mol. The van der Waals surface area contributed by atoms with E-state index in [0.29, 0.717) is 19.7 Å². The Labute approximate surface area is 138 Å². The fourth-order valence-electron chi connectivity index (χ4n) is 2.36. The van der Waals surface area contributed by atoms with Crippen LogP contribution in [0.3, 0.4) is 0 Å². The first-order valence-electron chi connectivity index (χ1n) is 7.02. The summed E-state index contributed by atoms with van der Waals surface area (Å²) in [6, 6.07) is 7.61. The fourth-order valence-corrected chi connectivity index (χ4v) is 3.27. The summed E-state index contributed by atoms with van der Waals surface area (Å²) in [6.45, 7) is 1.75. The Morgan fingerprint density at radius 1 is 1.62 bits per heavy atom. The van der Waals surface area contributed by atoms with Gasteiger partial charge in [-0.15, -0.1) is 0 Å². The van der Waals surface area contributed by atoms with Crippen LogP contribution in [-0.4, -0.2) is 48.6 Å². The predicted molar refractivity (Wildman–Crippen MR) is 90.4 cm³/mol. The molecule has 1 unspecified atom stereocenters. The van der Waals surface area contributed by atoms with Gasteiger partial charge >= 0.3 is 0 Å². The molecular formula is C15H21BrN2O2S. The molecule has 4 nitrogen and oxygen atoms in total. The molecule has 1 aliphatic rings. The fraction of sp³-hybridized carbons (Fsp3) is 0.533. The zero-order chi connectivity index (χ0) is 15.2. The smallest absolute Gasteiger partial charge is 0.239 e. The van der Waals surface area contributed by atoms with Crippen molar-refractivity contribution >= 4 is 33.6 Å². The lowest BCUT2D eigenvalue weighted by Gasteiger charge is -2.34. The van der Waals surface area contributed by atoms with Gasteiger partial charge < -0.3 is 15.4 Å². The first-order valence-corrected chi connectivity index (χ1v) is 9.21. The van der Waals surface area contributed by atoms with Crippen LogP contribution >= 0.6 is 27.7 Å². The zero-order valence-corrected chi connectivity index (χ0v) is 14.5. The number of hydrogen-bond acceptors (Lipinski definition) is 4. The molecule has 1 saturated heterocycles. The largest absolute Gasteiger partial charge is 0.370 e. The highest BCUT2D eigenvalue weighted by Gasteiger charge is 2.28. The number of halogens is 1. The van der Waals surface area contributed by atoms with Crippen molar-refractivity contribution in [3.63, 3.8) is 0 Å². The average molecular weight is 373 g/mol. The summed E-state index contributed by atoms with van der Waals surface area (Å²) in [6.07, 6.45) is 2.67. The van der Waals surface area contributed by atoms with Crippen LogP contribution in [0.15, 0.2) is 28.7 Å². The molecule has 6 heteroatoms. The van der Waals surface area contributed by atoms with Gasteiger partial charge in [-0.25, -0.2) is 0 Å². The van der Waals surface area contributed by atoms with Crippen LogP contribution in [0.25, 0.3) is 0 Å². The number of hydrogen-bond donors (Lipinski definition) is 1. The molecule has 2 rings (SSSR count). The normalized spacial score (nSPS) is 20.3. The maximum atomic E-state index is 12.4. The number of ether oxygens (including phenoxy) is 1. The molecule has 1 aromatic carbocycles. The minimum absolute atomic E-state index is 0.0346. The third kappa shape index (κ3) is 4.71. The molecule has 0 bridgehead atoms.